The highest BCUT2D eigenvalue weighted by atomic mass is 19.4. The maximum Gasteiger partial charge on any atom is 0.391 e. The van der Waals surface area contributed by atoms with Gasteiger partial charge in [-0.2, -0.15) is 28.0 Å². The van der Waals surface area contributed by atoms with Gasteiger partial charge in [-0.3, -0.25) is 4.57 Å². The van der Waals surface area contributed by atoms with Crippen molar-refractivity contribution in [2.24, 2.45) is 5.92 Å². The molecule has 0 amide bonds. The molecular formula is C20H22F3N3O3. The molecule has 1 unspecified atom stereocenters. The van der Waals surface area contributed by atoms with Crippen LogP contribution in [0.2, 0.25) is 0 Å². The Labute approximate surface area is 166 Å². The number of hydrogen-bond donors (Lipinski definition) is 0. The minimum absolute atomic E-state index is 0.129. The molecule has 1 atom stereocenters. The first kappa shape index (κ1) is 23.9. The molecule has 0 saturated carbocycles. The fraction of sp³-hybridized carbons (Fsp3) is 0.450. The number of benzene rings is 1. The maximum atomic E-state index is 12.8. The number of carbonyl (C=O) groups excluding carboxylic acids is 2. The van der Waals surface area contributed by atoms with Crippen LogP contribution in [0, 0.1) is 17.2 Å². The van der Waals surface area contributed by atoms with Gasteiger partial charge in [0.2, 0.25) is 0 Å². The number of hydrogen-bond acceptors (Lipinski definition) is 5. The van der Waals surface area contributed by atoms with E-state index in [9.17, 15) is 18.4 Å². The number of nitriles is 1. The molecule has 0 spiro atoms. The number of ether oxygens (including phenoxy) is 1. The predicted octanol–water partition coefficient (Wildman–Crippen LogP) is 4.03. The second kappa shape index (κ2) is 10.4. The van der Waals surface area contributed by atoms with Crippen LogP contribution in [0.15, 0.2) is 18.2 Å². The van der Waals surface area contributed by atoms with E-state index in [4.69, 9.17) is 14.3 Å². The van der Waals surface area contributed by atoms with Crippen molar-refractivity contribution in [1.82, 2.24) is 9.55 Å². The van der Waals surface area contributed by atoms with E-state index in [0.29, 0.717) is 47.1 Å². The highest BCUT2D eigenvalue weighted by Gasteiger charge is 2.35. The summed E-state index contributed by atoms with van der Waals surface area (Å²) in [6, 6.07) is 7.12. The van der Waals surface area contributed by atoms with Gasteiger partial charge in [0, 0.05) is 6.42 Å². The van der Waals surface area contributed by atoms with E-state index in [2.05, 4.69) is 11.1 Å². The zero-order valence-electron chi connectivity index (χ0n) is 16.6. The minimum atomic E-state index is -4.24. The van der Waals surface area contributed by atoms with Crippen LogP contribution in [-0.2, 0) is 28.9 Å². The largest absolute Gasteiger partial charge is 0.495 e. The molecule has 2 rings (SSSR count). The van der Waals surface area contributed by atoms with Crippen LogP contribution in [-0.4, -0.2) is 29.0 Å². The van der Waals surface area contributed by atoms with E-state index in [-0.39, 0.29) is 12.6 Å². The van der Waals surface area contributed by atoms with E-state index < -0.39 is 12.1 Å². The summed E-state index contributed by atoms with van der Waals surface area (Å²) in [5, 5.41) is 9.55. The van der Waals surface area contributed by atoms with Gasteiger partial charge < -0.3 is 4.74 Å². The van der Waals surface area contributed by atoms with Crippen LogP contribution in [0.3, 0.4) is 0 Å². The average Bonchev–Trinajstić information content (AvgIpc) is 3.05. The highest BCUT2D eigenvalue weighted by molar-refractivity contribution is 5.53. The molecule has 0 radical (unpaired) electrons. The molecule has 0 N–H and O–H groups in total. The quantitative estimate of drug-likeness (QED) is 0.719. The molecule has 0 fully saturated rings. The third kappa shape index (κ3) is 5.69. The maximum absolute atomic E-state index is 12.8. The van der Waals surface area contributed by atoms with Crippen molar-refractivity contribution in [3.63, 3.8) is 0 Å². The highest BCUT2D eigenvalue weighted by Crippen LogP contribution is 2.32. The summed E-state index contributed by atoms with van der Waals surface area (Å²) in [6.45, 7) is 5.02. The van der Waals surface area contributed by atoms with Crippen LogP contribution < -0.4 is 4.74 Å². The first-order valence-corrected chi connectivity index (χ1v) is 8.92. The SMILES string of the molecule is CCc1nc(CC)n(-c2ccc(CC(C)C(F)(F)F)cc2OC)c1C#N.O=C=O. The van der Waals surface area contributed by atoms with E-state index in [1.807, 2.05) is 13.8 Å². The molecule has 1 heterocycles. The Morgan fingerprint density at radius 1 is 1.24 bits per heavy atom. The Morgan fingerprint density at radius 2 is 1.86 bits per heavy atom. The summed E-state index contributed by atoms with van der Waals surface area (Å²) in [7, 11) is 1.46. The lowest BCUT2D eigenvalue weighted by Gasteiger charge is -2.18. The molecule has 0 aliphatic carbocycles. The van der Waals surface area contributed by atoms with Gasteiger partial charge in [0.1, 0.15) is 23.3 Å². The number of aryl methyl sites for hydroxylation is 2. The number of imidazole rings is 1. The standard InChI is InChI=1S/C19H22F3N3O.CO2/c1-5-14-16(11-23)25(18(6-2)24-14)15-8-7-13(10-17(15)26-4)9-12(3)19(20,21)22;2-1-3/h7-8,10,12H,5-6,9H2,1-4H3;. The summed E-state index contributed by atoms with van der Waals surface area (Å²) in [5.74, 6) is -0.310. The molecule has 0 aliphatic heterocycles. The van der Waals surface area contributed by atoms with Crippen LogP contribution in [0.4, 0.5) is 13.2 Å². The van der Waals surface area contributed by atoms with Crippen LogP contribution >= 0.6 is 0 Å². The molecule has 6 nitrogen and oxygen atoms in total. The van der Waals surface area contributed by atoms with Crippen molar-refractivity contribution < 1.29 is 27.5 Å². The Kier molecular flexibility index (Phi) is 8.61. The van der Waals surface area contributed by atoms with Gasteiger partial charge in [0.05, 0.1) is 24.4 Å². The van der Waals surface area contributed by atoms with Crippen molar-refractivity contribution in [3.8, 4) is 17.5 Å². The number of nitrogens with zero attached hydrogens (tertiary/aromatic N) is 3. The first-order valence-electron chi connectivity index (χ1n) is 8.92. The molecule has 156 valence electrons. The number of aromatic nitrogens is 2. The lowest BCUT2D eigenvalue weighted by Crippen LogP contribution is -2.21. The van der Waals surface area contributed by atoms with E-state index in [1.54, 1.807) is 22.8 Å². The summed E-state index contributed by atoms with van der Waals surface area (Å²) < 4.78 is 45.6. The van der Waals surface area contributed by atoms with Crippen molar-refractivity contribution in [2.75, 3.05) is 7.11 Å². The van der Waals surface area contributed by atoms with Gasteiger partial charge in [-0.05, 0) is 30.5 Å². The van der Waals surface area contributed by atoms with E-state index in [0.717, 1.165) is 6.92 Å². The second-order valence-corrected chi connectivity index (χ2v) is 6.21. The number of rotatable bonds is 6. The van der Waals surface area contributed by atoms with Gasteiger partial charge >= 0.3 is 12.3 Å². The molecule has 1 aromatic heterocycles. The molecular weight excluding hydrogens is 387 g/mol. The molecule has 0 saturated heterocycles. The summed E-state index contributed by atoms with van der Waals surface area (Å²) >= 11 is 0. The number of halogens is 3. The molecule has 29 heavy (non-hydrogen) atoms. The Hall–Kier alpha value is -3.11. The van der Waals surface area contributed by atoms with Gasteiger partial charge in [-0.25, -0.2) is 4.98 Å². The summed E-state index contributed by atoms with van der Waals surface area (Å²) in [4.78, 5) is 20.8. The Balaban J connectivity index is 0.00000132. The van der Waals surface area contributed by atoms with Gasteiger partial charge in [0.15, 0.2) is 0 Å². The third-order valence-electron chi connectivity index (χ3n) is 4.36. The molecule has 9 heteroatoms. The summed E-state index contributed by atoms with van der Waals surface area (Å²) in [6.07, 6.45) is -2.89. The van der Waals surface area contributed by atoms with E-state index in [1.165, 1.54) is 7.11 Å². The molecule has 0 bridgehead atoms. The van der Waals surface area contributed by atoms with Gasteiger partial charge in [-0.1, -0.05) is 26.8 Å². The lowest BCUT2D eigenvalue weighted by atomic mass is 10.00. The Morgan fingerprint density at radius 3 is 2.31 bits per heavy atom. The van der Waals surface area contributed by atoms with Crippen molar-refractivity contribution in [1.29, 1.82) is 5.26 Å². The third-order valence-corrected chi connectivity index (χ3v) is 4.36. The topological polar surface area (TPSA) is 85.0 Å². The molecule has 1 aromatic carbocycles. The zero-order valence-corrected chi connectivity index (χ0v) is 16.6. The minimum Gasteiger partial charge on any atom is -0.495 e. The fourth-order valence-electron chi connectivity index (χ4n) is 2.88. The monoisotopic (exact) mass is 409 g/mol. The van der Waals surface area contributed by atoms with Crippen LogP contribution in [0.25, 0.3) is 5.69 Å². The summed E-state index contributed by atoms with van der Waals surface area (Å²) in [5.41, 5.74) is 2.26. The van der Waals surface area contributed by atoms with E-state index >= 15 is 0 Å². The fourth-order valence-corrected chi connectivity index (χ4v) is 2.88. The first-order chi connectivity index (χ1) is 13.7. The van der Waals surface area contributed by atoms with Crippen LogP contribution in [0.5, 0.6) is 5.75 Å². The van der Waals surface area contributed by atoms with Crippen molar-refractivity contribution in [3.05, 3.63) is 41.0 Å². The van der Waals surface area contributed by atoms with Gasteiger partial charge in [-0.15, -0.1) is 0 Å². The lowest BCUT2D eigenvalue weighted by molar-refractivity contribution is -0.191. The second-order valence-electron chi connectivity index (χ2n) is 6.21. The molecule has 0 aliphatic rings. The number of alkyl halides is 3. The average molecular weight is 409 g/mol. The van der Waals surface area contributed by atoms with Crippen molar-refractivity contribution in [2.45, 2.75) is 46.2 Å². The normalized spacial score (nSPS) is 11.7. The van der Waals surface area contributed by atoms with Gasteiger partial charge in [0.25, 0.3) is 0 Å². The Bertz CT molecular complexity index is 908. The number of methoxy groups -OCH3 is 1. The van der Waals surface area contributed by atoms with Crippen LogP contribution in [0.1, 0.15) is 43.5 Å². The predicted molar refractivity (Wildman–Crippen MR) is 97.5 cm³/mol. The van der Waals surface area contributed by atoms with Crippen molar-refractivity contribution >= 4 is 6.15 Å². The zero-order chi connectivity index (χ0) is 22.2. The molecule has 2 aromatic rings. The smallest absolute Gasteiger partial charge is 0.391 e.